The van der Waals surface area contributed by atoms with E-state index in [2.05, 4.69) is 4.72 Å². The molecular formula is C15H18N2O4S. The number of carboxylic acid groups (broad SMARTS) is 1. The van der Waals surface area contributed by atoms with Crippen LogP contribution < -0.4 is 4.72 Å². The number of rotatable bonds is 4. The van der Waals surface area contributed by atoms with Crippen molar-refractivity contribution in [2.24, 2.45) is 13.0 Å². The quantitative estimate of drug-likeness (QED) is 0.897. The number of aromatic nitrogens is 1. The van der Waals surface area contributed by atoms with Crippen LogP contribution in [0.25, 0.3) is 10.9 Å². The van der Waals surface area contributed by atoms with Crippen LogP contribution in [0.5, 0.6) is 0 Å². The van der Waals surface area contributed by atoms with Crippen molar-refractivity contribution in [3.8, 4) is 0 Å². The number of carbonyl (C=O) groups is 1. The monoisotopic (exact) mass is 322 g/mol. The first-order valence-corrected chi connectivity index (χ1v) is 8.54. The maximum atomic E-state index is 12.5. The smallest absolute Gasteiger partial charge is 0.324 e. The van der Waals surface area contributed by atoms with Crippen molar-refractivity contribution in [1.82, 2.24) is 9.29 Å². The molecule has 1 heterocycles. The highest BCUT2D eigenvalue weighted by atomic mass is 32.2. The van der Waals surface area contributed by atoms with Gasteiger partial charge in [-0.25, -0.2) is 8.42 Å². The Kier molecular flexibility index (Phi) is 3.30. The molecule has 0 bridgehead atoms. The van der Waals surface area contributed by atoms with Crippen LogP contribution >= 0.6 is 0 Å². The van der Waals surface area contributed by atoms with Crippen LogP contribution in [-0.2, 0) is 21.9 Å². The molecule has 2 N–H and O–H groups in total. The minimum Gasteiger partial charge on any atom is -0.480 e. The Balaban J connectivity index is 1.96. The van der Waals surface area contributed by atoms with Crippen molar-refractivity contribution in [1.29, 1.82) is 0 Å². The molecule has 0 amide bonds. The Morgan fingerprint density at radius 1 is 1.36 bits per heavy atom. The predicted octanol–water partition coefficient (Wildman–Crippen LogP) is 1.71. The number of nitrogens with one attached hydrogen (secondary N) is 1. The maximum absolute atomic E-state index is 12.5. The second kappa shape index (κ2) is 4.82. The number of carboxylic acids is 1. The Morgan fingerprint density at radius 3 is 2.64 bits per heavy atom. The van der Waals surface area contributed by atoms with Crippen molar-refractivity contribution in [3.63, 3.8) is 0 Å². The first-order valence-electron chi connectivity index (χ1n) is 7.06. The average molecular weight is 322 g/mol. The Morgan fingerprint density at radius 2 is 2.05 bits per heavy atom. The predicted molar refractivity (Wildman–Crippen MR) is 82.0 cm³/mol. The summed E-state index contributed by atoms with van der Waals surface area (Å²) in [7, 11) is -1.99. The molecule has 1 saturated carbocycles. The van der Waals surface area contributed by atoms with Gasteiger partial charge < -0.3 is 9.67 Å². The summed E-state index contributed by atoms with van der Waals surface area (Å²) in [4.78, 5) is 11.5. The lowest BCUT2D eigenvalue weighted by Gasteiger charge is -2.42. The molecule has 1 fully saturated rings. The molecule has 1 aliphatic rings. The minimum atomic E-state index is -3.87. The third-order valence-corrected chi connectivity index (χ3v) is 5.83. The van der Waals surface area contributed by atoms with E-state index in [-0.39, 0.29) is 10.8 Å². The molecule has 7 heteroatoms. The molecule has 2 aromatic rings. The zero-order chi connectivity index (χ0) is 16.1. The topological polar surface area (TPSA) is 88.4 Å². The Hall–Kier alpha value is -1.86. The number of hydrogen-bond donors (Lipinski definition) is 2. The first-order chi connectivity index (χ1) is 10.2. The molecule has 1 aromatic heterocycles. The van der Waals surface area contributed by atoms with Crippen LogP contribution in [0.1, 0.15) is 19.8 Å². The van der Waals surface area contributed by atoms with Gasteiger partial charge in [-0.15, -0.1) is 0 Å². The lowest BCUT2D eigenvalue weighted by atomic mass is 9.70. The normalized spacial score (nSPS) is 25.1. The summed E-state index contributed by atoms with van der Waals surface area (Å²) in [5, 5.41) is 10.2. The average Bonchev–Trinajstić information content (AvgIpc) is 2.77. The summed E-state index contributed by atoms with van der Waals surface area (Å²) in [6.45, 7) is 1.91. The molecule has 6 nitrogen and oxygen atoms in total. The fourth-order valence-electron chi connectivity index (χ4n) is 3.17. The van der Waals surface area contributed by atoms with Gasteiger partial charge in [0.25, 0.3) is 0 Å². The standard InChI is InChI=1S/C15H18N2O4S/c1-10-8-15(9-10,14(18)19)16-22(20,21)12-3-4-13-11(7-12)5-6-17(13)2/h3-7,10,16H,8-9H2,1-2H3,(H,18,19). The maximum Gasteiger partial charge on any atom is 0.324 e. The molecule has 0 atom stereocenters. The Labute approximate surface area is 128 Å². The molecule has 22 heavy (non-hydrogen) atoms. The summed E-state index contributed by atoms with van der Waals surface area (Å²) < 4.78 is 29.3. The van der Waals surface area contributed by atoms with Crippen LogP contribution in [0, 0.1) is 5.92 Å². The van der Waals surface area contributed by atoms with Gasteiger partial charge in [-0.2, -0.15) is 4.72 Å². The van der Waals surface area contributed by atoms with E-state index >= 15 is 0 Å². The largest absolute Gasteiger partial charge is 0.480 e. The number of aliphatic carboxylic acids is 1. The molecule has 0 aliphatic heterocycles. The zero-order valence-corrected chi connectivity index (χ0v) is 13.2. The summed E-state index contributed by atoms with van der Waals surface area (Å²) in [6, 6.07) is 6.62. The second-order valence-corrected chi connectivity index (χ2v) is 7.84. The number of sulfonamides is 1. The van der Waals surface area contributed by atoms with Crippen LogP contribution in [-0.4, -0.2) is 29.6 Å². The molecule has 118 valence electrons. The molecule has 1 aliphatic carbocycles. The summed E-state index contributed by atoms with van der Waals surface area (Å²) >= 11 is 0. The highest BCUT2D eigenvalue weighted by Gasteiger charge is 2.51. The fraction of sp³-hybridized carbons (Fsp3) is 0.400. The van der Waals surface area contributed by atoms with E-state index < -0.39 is 21.5 Å². The SMILES string of the molecule is CC1CC(NS(=O)(=O)c2ccc3c(ccn3C)c2)(C(=O)O)C1. The third kappa shape index (κ3) is 2.30. The number of benzene rings is 1. The van der Waals surface area contributed by atoms with E-state index in [1.54, 1.807) is 12.1 Å². The lowest BCUT2D eigenvalue weighted by molar-refractivity contribution is -0.149. The molecule has 0 spiro atoms. The summed E-state index contributed by atoms with van der Waals surface area (Å²) in [5.41, 5.74) is -0.451. The minimum absolute atomic E-state index is 0.0892. The highest BCUT2D eigenvalue weighted by molar-refractivity contribution is 7.89. The van der Waals surface area contributed by atoms with Gasteiger partial charge >= 0.3 is 5.97 Å². The third-order valence-electron chi connectivity index (χ3n) is 4.30. The molecule has 1 aromatic carbocycles. The van der Waals surface area contributed by atoms with Crippen molar-refractivity contribution < 1.29 is 18.3 Å². The van der Waals surface area contributed by atoms with E-state index in [0.717, 1.165) is 10.9 Å². The highest BCUT2D eigenvalue weighted by Crippen LogP contribution is 2.39. The van der Waals surface area contributed by atoms with Crippen molar-refractivity contribution in [2.45, 2.75) is 30.2 Å². The first kappa shape index (κ1) is 15.1. The summed E-state index contributed by atoms with van der Waals surface area (Å²) in [6.07, 6.45) is 2.48. The fourth-order valence-corrected chi connectivity index (χ4v) is 4.59. The molecule has 3 rings (SSSR count). The van der Waals surface area contributed by atoms with Crippen molar-refractivity contribution >= 4 is 26.9 Å². The molecular weight excluding hydrogens is 304 g/mol. The van der Waals surface area contributed by atoms with Gasteiger partial charge in [0.05, 0.1) is 4.90 Å². The molecule has 0 unspecified atom stereocenters. The van der Waals surface area contributed by atoms with E-state index in [0.29, 0.717) is 12.8 Å². The van der Waals surface area contributed by atoms with Crippen molar-refractivity contribution in [2.75, 3.05) is 0 Å². The molecule has 0 saturated heterocycles. The zero-order valence-electron chi connectivity index (χ0n) is 12.4. The van der Waals surface area contributed by atoms with Crippen molar-refractivity contribution in [3.05, 3.63) is 30.5 Å². The van der Waals surface area contributed by atoms with E-state index in [9.17, 15) is 18.3 Å². The van der Waals surface area contributed by atoms with Crippen LogP contribution in [0.4, 0.5) is 0 Å². The van der Waals surface area contributed by atoms with Gasteiger partial charge in [-0.05, 0) is 43.0 Å². The number of nitrogens with zero attached hydrogens (tertiary/aromatic N) is 1. The van der Waals surface area contributed by atoms with Gasteiger partial charge in [0.1, 0.15) is 5.54 Å². The lowest BCUT2D eigenvalue weighted by Crippen LogP contribution is -2.61. The van der Waals surface area contributed by atoms with Crippen LogP contribution in [0.15, 0.2) is 35.4 Å². The van der Waals surface area contributed by atoms with Crippen LogP contribution in [0.2, 0.25) is 0 Å². The van der Waals surface area contributed by atoms with Gasteiger partial charge in [0.15, 0.2) is 0 Å². The van der Waals surface area contributed by atoms with Crippen LogP contribution in [0.3, 0.4) is 0 Å². The van der Waals surface area contributed by atoms with E-state index in [1.807, 2.05) is 30.8 Å². The van der Waals surface area contributed by atoms with Gasteiger partial charge in [-0.1, -0.05) is 6.92 Å². The number of aryl methyl sites for hydroxylation is 1. The number of hydrogen-bond acceptors (Lipinski definition) is 3. The van der Waals surface area contributed by atoms with E-state index in [4.69, 9.17) is 0 Å². The van der Waals surface area contributed by atoms with Gasteiger partial charge in [0, 0.05) is 24.1 Å². The number of fused-ring (bicyclic) bond motifs is 1. The van der Waals surface area contributed by atoms with Gasteiger partial charge in [0.2, 0.25) is 10.0 Å². The second-order valence-electron chi connectivity index (χ2n) is 6.15. The van der Waals surface area contributed by atoms with E-state index in [1.165, 1.54) is 6.07 Å². The van der Waals surface area contributed by atoms with Gasteiger partial charge in [-0.3, -0.25) is 4.79 Å². The molecule has 0 radical (unpaired) electrons. The summed E-state index contributed by atoms with van der Waals surface area (Å²) in [5.74, 6) is -0.912. The Bertz CT molecular complexity index is 848.